The molecule has 0 fully saturated rings. The van der Waals surface area contributed by atoms with E-state index >= 15 is 0 Å². The number of oxazole rings is 2. The minimum absolute atomic E-state index is 0.0258. The third kappa shape index (κ3) is 6.46. The molecule has 6 nitrogen and oxygen atoms in total. The van der Waals surface area contributed by atoms with Gasteiger partial charge in [0.1, 0.15) is 11.0 Å². The van der Waals surface area contributed by atoms with Crippen LogP contribution in [0.2, 0.25) is 0 Å². The normalized spacial score (nSPS) is 12.9. The fourth-order valence-corrected chi connectivity index (χ4v) is 9.93. The number of rotatable bonds is 10. The fourth-order valence-electron chi connectivity index (χ4n) is 9.93. The van der Waals surface area contributed by atoms with Crippen LogP contribution in [0.15, 0.2) is 191 Å². The first-order valence-corrected chi connectivity index (χ1v) is 22.6. The third-order valence-electron chi connectivity index (χ3n) is 12.8. The molecule has 0 spiro atoms. The van der Waals surface area contributed by atoms with Crippen LogP contribution in [0.25, 0.3) is 33.3 Å². The zero-order chi connectivity index (χ0) is 44.4. The zero-order valence-corrected chi connectivity index (χ0v) is 37.6. The summed E-state index contributed by atoms with van der Waals surface area (Å²) in [5.74, 6) is 1.40. The van der Waals surface area contributed by atoms with Crippen molar-refractivity contribution in [2.24, 2.45) is 0 Å². The van der Waals surface area contributed by atoms with Crippen molar-refractivity contribution in [3.63, 3.8) is 0 Å². The van der Waals surface area contributed by atoms with E-state index in [-0.39, 0.29) is 11.8 Å². The van der Waals surface area contributed by atoms with Crippen LogP contribution in [0, 0.1) is 13.8 Å². The lowest BCUT2D eigenvalue weighted by atomic mass is 9.67. The molecule has 1 aliphatic rings. The maximum Gasteiger partial charge on any atom is 0.198 e. The highest BCUT2D eigenvalue weighted by molar-refractivity contribution is 6.14. The van der Waals surface area contributed by atoms with Crippen LogP contribution in [0.3, 0.4) is 0 Å². The van der Waals surface area contributed by atoms with E-state index < -0.39 is 5.41 Å². The highest BCUT2D eigenvalue weighted by atomic mass is 16.4. The second-order valence-electron chi connectivity index (χ2n) is 17.9. The van der Waals surface area contributed by atoms with Gasteiger partial charge >= 0.3 is 0 Å². The van der Waals surface area contributed by atoms with E-state index in [4.69, 9.17) is 18.8 Å². The Morgan fingerprint density at radius 2 is 0.769 bits per heavy atom. The van der Waals surface area contributed by atoms with E-state index in [1.807, 2.05) is 0 Å². The molecule has 0 saturated carbocycles. The first-order chi connectivity index (χ1) is 31.7. The van der Waals surface area contributed by atoms with Gasteiger partial charge in [-0.1, -0.05) is 149 Å². The summed E-state index contributed by atoms with van der Waals surface area (Å²) in [5, 5.41) is 0. The quantitative estimate of drug-likeness (QED) is 0.137. The second kappa shape index (κ2) is 15.8. The largest absolute Gasteiger partial charge is 0.440 e. The van der Waals surface area contributed by atoms with Crippen LogP contribution in [-0.4, -0.2) is 9.97 Å². The summed E-state index contributed by atoms with van der Waals surface area (Å²) in [7, 11) is 0. The predicted octanol–water partition coefficient (Wildman–Crippen LogP) is 16.1. The van der Waals surface area contributed by atoms with Gasteiger partial charge in [-0.25, -0.2) is 9.97 Å². The van der Waals surface area contributed by atoms with Gasteiger partial charge in [-0.15, -0.1) is 0 Å². The van der Waals surface area contributed by atoms with Gasteiger partial charge in [0.25, 0.3) is 0 Å². The fraction of sp³-hybridized carbons (Fsp3) is 0.153. The summed E-state index contributed by atoms with van der Waals surface area (Å²) in [4.78, 5) is 15.5. The van der Waals surface area contributed by atoms with E-state index in [1.54, 1.807) is 0 Å². The van der Waals surface area contributed by atoms with Gasteiger partial charge in [0.2, 0.25) is 0 Å². The van der Waals surface area contributed by atoms with E-state index in [0.29, 0.717) is 11.8 Å². The number of hydrogen-bond donors (Lipinski definition) is 0. The summed E-state index contributed by atoms with van der Waals surface area (Å²) in [5.41, 5.74) is 16.8. The van der Waals surface area contributed by atoms with Crippen molar-refractivity contribution in [1.82, 2.24) is 9.97 Å². The highest BCUT2D eigenvalue weighted by Gasteiger charge is 2.51. The molecular weight excluding hydrogens is 797 g/mol. The highest BCUT2D eigenvalue weighted by Crippen LogP contribution is 2.63. The van der Waals surface area contributed by atoms with Gasteiger partial charge in [-0.3, -0.25) is 0 Å². The van der Waals surface area contributed by atoms with Crippen LogP contribution >= 0.6 is 0 Å². The number of hydrogen-bond acceptors (Lipinski definition) is 6. The average molecular weight is 847 g/mol. The number of fused-ring (bicyclic) bond motifs is 7. The van der Waals surface area contributed by atoms with Crippen molar-refractivity contribution in [1.29, 1.82) is 0 Å². The maximum atomic E-state index is 7.20. The van der Waals surface area contributed by atoms with Gasteiger partial charge in [-0.05, 0) is 108 Å². The van der Waals surface area contributed by atoms with Crippen LogP contribution < -0.4 is 9.80 Å². The molecule has 1 aliphatic carbocycles. The maximum absolute atomic E-state index is 7.20. The van der Waals surface area contributed by atoms with Crippen molar-refractivity contribution in [2.75, 3.05) is 9.80 Å². The number of nitrogens with zero attached hydrogens (tertiary/aromatic N) is 4. The van der Waals surface area contributed by atoms with Crippen molar-refractivity contribution >= 4 is 56.3 Å². The summed E-state index contributed by atoms with van der Waals surface area (Å²) >= 11 is 0. The first-order valence-electron chi connectivity index (χ1n) is 22.6. The van der Waals surface area contributed by atoms with Gasteiger partial charge in [0.05, 0.1) is 16.8 Å². The Kier molecular flexibility index (Phi) is 9.76. The average Bonchev–Trinajstić information content (AvgIpc) is 4.05. The van der Waals surface area contributed by atoms with Crippen LogP contribution in [0.4, 0.5) is 34.1 Å². The summed E-state index contributed by atoms with van der Waals surface area (Å²) < 4.78 is 14.4. The predicted molar refractivity (Wildman–Crippen MR) is 266 cm³/mol. The number of aromatic nitrogens is 2. The lowest BCUT2D eigenvalue weighted by molar-refractivity contribution is 0.499. The molecule has 0 amide bonds. The van der Waals surface area contributed by atoms with Gasteiger partial charge < -0.3 is 18.6 Å². The Morgan fingerprint density at radius 1 is 0.415 bits per heavy atom. The lowest BCUT2D eigenvalue weighted by Crippen LogP contribution is -2.29. The monoisotopic (exact) mass is 846 g/mol. The molecule has 6 heteroatoms. The molecule has 0 atom stereocenters. The molecule has 8 aromatic carbocycles. The van der Waals surface area contributed by atoms with Crippen molar-refractivity contribution < 1.29 is 8.83 Å². The number of benzene rings is 8. The second-order valence-corrected chi connectivity index (χ2v) is 17.9. The Balaban J connectivity index is 1.36. The van der Waals surface area contributed by atoms with E-state index in [1.165, 1.54) is 0 Å². The minimum Gasteiger partial charge on any atom is -0.440 e. The van der Waals surface area contributed by atoms with Crippen LogP contribution in [0.5, 0.6) is 0 Å². The molecule has 0 saturated heterocycles. The Labute approximate surface area is 380 Å². The topological polar surface area (TPSA) is 58.5 Å². The molecule has 2 aromatic heterocycles. The van der Waals surface area contributed by atoms with E-state index in [0.717, 1.165) is 101 Å². The number of para-hydroxylation sites is 2. The van der Waals surface area contributed by atoms with E-state index in [2.05, 4.69) is 233 Å². The molecule has 0 bridgehead atoms. The molecule has 65 heavy (non-hydrogen) atoms. The molecule has 2 heterocycles. The lowest BCUT2D eigenvalue weighted by Gasteiger charge is -2.35. The summed E-state index contributed by atoms with van der Waals surface area (Å²) in [6.45, 7) is 12.9. The van der Waals surface area contributed by atoms with Crippen molar-refractivity contribution in [3.05, 3.63) is 227 Å². The standard InChI is InChI=1S/C59H50N4O2/c1-37(2)57-60-53-49(62(43-27-15-9-16-28-43)45-31-19-21-39(5)33-45)35-47-51(55(53)64-57)52-48(59(47,41-23-11-7-12-24-41)42-25-13-8-14-26-42)36-50(54-56(52)65-58(61-54)38(3)4)63(44-29-17-10-18-30-44)46-32-20-22-40(6)34-46/h7-38H,1-6H3. The smallest absolute Gasteiger partial charge is 0.198 e. The molecule has 11 rings (SSSR count). The molecule has 0 unspecified atom stereocenters. The third-order valence-corrected chi connectivity index (χ3v) is 12.8. The van der Waals surface area contributed by atoms with Gasteiger partial charge in [0.15, 0.2) is 22.9 Å². The first kappa shape index (κ1) is 40.1. The minimum atomic E-state index is -0.863. The Morgan fingerprint density at radius 3 is 1.12 bits per heavy atom. The molecule has 0 aliphatic heterocycles. The van der Waals surface area contributed by atoms with E-state index in [9.17, 15) is 0 Å². The number of aryl methyl sites for hydroxylation is 2. The van der Waals surface area contributed by atoms with Gasteiger partial charge in [-0.2, -0.15) is 0 Å². The molecule has 10 aromatic rings. The van der Waals surface area contributed by atoms with Crippen molar-refractivity contribution in [3.8, 4) is 11.1 Å². The summed E-state index contributed by atoms with van der Waals surface area (Å²) in [6, 6.07) is 65.3. The Hall–Kier alpha value is -7.70. The molecule has 0 radical (unpaired) electrons. The van der Waals surface area contributed by atoms with Crippen LogP contribution in [-0.2, 0) is 5.41 Å². The molecule has 0 N–H and O–H groups in total. The SMILES string of the molecule is Cc1cccc(N(c2ccccc2)c2cc3c(c4oc(C(C)C)nc24)-c2c(cc(N(c4ccccc4)c4cccc(C)c4)c4nc(C(C)C)oc24)C3(c2ccccc2)c2ccccc2)c1. The molecule has 318 valence electrons. The van der Waals surface area contributed by atoms with Gasteiger partial charge in [0, 0.05) is 45.7 Å². The van der Waals surface area contributed by atoms with Crippen molar-refractivity contribution in [2.45, 2.75) is 58.8 Å². The Bertz CT molecular complexity index is 3130. The number of anilines is 6. The van der Waals surface area contributed by atoms with Crippen LogP contribution in [0.1, 0.15) is 84.7 Å². The zero-order valence-electron chi connectivity index (χ0n) is 37.6. The molecular formula is C59H50N4O2. The summed E-state index contributed by atoms with van der Waals surface area (Å²) in [6.07, 6.45) is 0.